The summed E-state index contributed by atoms with van der Waals surface area (Å²) in [7, 11) is -3.72. The van der Waals surface area contributed by atoms with Gasteiger partial charge in [-0.3, -0.25) is 8.98 Å². The molecule has 0 amide bonds. The lowest BCUT2D eigenvalue weighted by atomic mass is 10.1. The Bertz CT molecular complexity index is 303. The zero-order valence-corrected chi connectivity index (χ0v) is 8.39. The second-order valence-corrected chi connectivity index (χ2v) is 5.15. The van der Waals surface area contributed by atoms with Crippen molar-refractivity contribution in [1.29, 1.82) is 0 Å². The summed E-state index contributed by atoms with van der Waals surface area (Å²) in [5, 5.41) is 0. The van der Waals surface area contributed by atoms with E-state index < -0.39 is 27.4 Å². The van der Waals surface area contributed by atoms with Crippen molar-refractivity contribution in [2.75, 3.05) is 12.4 Å². The molecule has 1 heterocycles. The van der Waals surface area contributed by atoms with E-state index in [0.717, 1.165) is 0 Å². The van der Waals surface area contributed by atoms with Gasteiger partial charge < -0.3 is 4.74 Å². The van der Waals surface area contributed by atoms with Gasteiger partial charge in [0.2, 0.25) is 0 Å². The van der Waals surface area contributed by atoms with Crippen molar-refractivity contribution in [2.24, 2.45) is 0 Å². The Morgan fingerprint density at radius 3 is 2.62 bits per heavy atom. The number of carbonyl (C=O) groups excluding carboxylic acids is 1. The van der Waals surface area contributed by atoms with Crippen LogP contribution in [0.4, 0.5) is 0 Å². The second kappa shape index (κ2) is 3.26. The number of hydrogen-bond acceptors (Lipinski definition) is 5. The van der Waals surface area contributed by atoms with Gasteiger partial charge in [-0.15, -0.1) is 0 Å². The van der Waals surface area contributed by atoms with Gasteiger partial charge in [-0.05, 0) is 13.8 Å². The molecule has 0 unspecified atom stereocenters. The number of rotatable bonds is 0. The molecule has 0 aliphatic carbocycles. The third kappa shape index (κ3) is 3.31. The minimum Gasteiger partial charge on any atom is -0.459 e. The first-order chi connectivity index (χ1) is 5.81. The molecule has 0 aromatic heterocycles. The molecule has 1 aliphatic heterocycles. The Kier molecular flexibility index (Phi) is 2.63. The second-order valence-electron chi connectivity index (χ2n) is 3.51. The highest BCUT2D eigenvalue weighted by atomic mass is 32.2. The van der Waals surface area contributed by atoms with E-state index >= 15 is 0 Å². The minimum absolute atomic E-state index is 0.0581. The molecule has 0 aromatic rings. The van der Waals surface area contributed by atoms with Crippen LogP contribution in [0.25, 0.3) is 0 Å². The van der Waals surface area contributed by atoms with Gasteiger partial charge in [0, 0.05) is 6.42 Å². The van der Waals surface area contributed by atoms with Crippen LogP contribution >= 0.6 is 0 Å². The molecule has 5 nitrogen and oxygen atoms in total. The highest BCUT2D eigenvalue weighted by Gasteiger charge is 2.30. The van der Waals surface area contributed by atoms with Crippen molar-refractivity contribution in [1.82, 2.24) is 0 Å². The molecule has 1 saturated heterocycles. The van der Waals surface area contributed by atoms with Gasteiger partial charge in [-0.2, -0.15) is 8.42 Å². The predicted octanol–water partition coefficient (Wildman–Crippen LogP) is 0.0583. The topological polar surface area (TPSA) is 69.7 Å². The van der Waals surface area contributed by atoms with Gasteiger partial charge in [-0.1, -0.05) is 0 Å². The van der Waals surface area contributed by atoms with Gasteiger partial charge in [-0.25, -0.2) is 0 Å². The summed E-state index contributed by atoms with van der Waals surface area (Å²) in [6.45, 7) is 3.49. The summed E-state index contributed by atoms with van der Waals surface area (Å²) >= 11 is 0. The molecule has 13 heavy (non-hydrogen) atoms. The van der Waals surface area contributed by atoms with E-state index in [1.807, 2.05) is 0 Å². The Labute approximate surface area is 77.1 Å². The Morgan fingerprint density at radius 1 is 1.38 bits per heavy atom. The average molecular weight is 208 g/mol. The van der Waals surface area contributed by atoms with Gasteiger partial charge in [0.15, 0.2) is 5.75 Å². The third-order valence-corrected chi connectivity index (χ3v) is 2.77. The summed E-state index contributed by atoms with van der Waals surface area (Å²) in [4.78, 5) is 11.0. The first kappa shape index (κ1) is 10.5. The van der Waals surface area contributed by atoms with Crippen molar-refractivity contribution < 1.29 is 22.1 Å². The van der Waals surface area contributed by atoms with Crippen LogP contribution in [0, 0.1) is 0 Å². The number of esters is 1. The van der Waals surface area contributed by atoms with Crippen molar-refractivity contribution in [2.45, 2.75) is 25.9 Å². The van der Waals surface area contributed by atoms with E-state index in [2.05, 4.69) is 4.18 Å². The first-order valence-electron chi connectivity index (χ1n) is 3.90. The molecule has 0 spiro atoms. The zero-order chi connectivity index (χ0) is 10.1. The van der Waals surface area contributed by atoms with Crippen LogP contribution in [-0.4, -0.2) is 32.3 Å². The predicted molar refractivity (Wildman–Crippen MR) is 44.5 cm³/mol. The van der Waals surface area contributed by atoms with E-state index in [-0.39, 0.29) is 6.61 Å². The number of hydrogen-bond donors (Lipinski definition) is 0. The summed E-state index contributed by atoms with van der Waals surface area (Å²) in [6, 6.07) is 0. The highest BCUT2D eigenvalue weighted by Crippen LogP contribution is 2.18. The molecule has 1 aliphatic rings. The summed E-state index contributed by atoms with van der Waals surface area (Å²) in [5.41, 5.74) is -0.646. The lowest BCUT2D eigenvalue weighted by molar-refractivity contribution is -0.155. The molecule has 1 rings (SSSR count). The van der Waals surface area contributed by atoms with E-state index in [1.165, 1.54) is 0 Å². The van der Waals surface area contributed by atoms with Crippen LogP contribution in [0.15, 0.2) is 0 Å². The molecule has 1 fully saturated rings. The molecule has 0 atom stereocenters. The maximum atomic E-state index is 11.0. The molecule has 76 valence electrons. The SMILES string of the molecule is CC1(C)CCOS(=O)(=O)CC(=O)O1. The Balaban J connectivity index is 2.76. The number of ether oxygens (including phenoxy) is 1. The Hall–Kier alpha value is -0.620. The minimum atomic E-state index is -3.72. The largest absolute Gasteiger partial charge is 0.459 e. The van der Waals surface area contributed by atoms with Crippen molar-refractivity contribution >= 4 is 16.1 Å². The standard InChI is InChI=1S/C7H12O5S/c1-7(2)3-4-11-13(9,10)5-6(8)12-7/h3-5H2,1-2H3. The number of carbonyl (C=O) groups is 1. The smallest absolute Gasteiger partial charge is 0.324 e. The summed E-state index contributed by atoms with van der Waals surface area (Å²) < 4.78 is 31.3. The molecule has 0 radical (unpaired) electrons. The highest BCUT2D eigenvalue weighted by molar-refractivity contribution is 7.87. The van der Waals surface area contributed by atoms with Crippen LogP contribution in [0.5, 0.6) is 0 Å². The monoisotopic (exact) mass is 208 g/mol. The Morgan fingerprint density at radius 2 is 2.00 bits per heavy atom. The van der Waals surface area contributed by atoms with Gasteiger partial charge in [0.05, 0.1) is 6.61 Å². The van der Waals surface area contributed by atoms with Crippen molar-refractivity contribution in [3.63, 3.8) is 0 Å². The molecule has 0 N–H and O–H groups in total. The van der Waals surface area contributed by atoms with Crippen LogP contribution in [0.2, 0.25) is 0 Å². The van der Waals surface area contributed by atoms with Crippen LogP contribution < -0.4 is 0 Å². The van der Waals surface area contributed by atoms with Crippen LogP contribution in [0.1, 0.15) is 20.3 Å². The van der Waals surface area contributed by atoms with Gasteiger partial charge in [0.25, 0.3) is 10.1 Å². The van der Waals surface area contributed by atoms with E-state index in [0.29, 0.717) is 6.42 Å². The van der Waals surface area contributed by atoms with Crippen molar-refractivity contribution in [3.8, 4) is 0 Å². The average Bonchev–Trinajstić information content (AvgIpc) is 1.79. The summed E-state index contributed by atoms with van der Waals surface area (Å²) in [6.07, 6.45) is 0.373. The molecule has 0 saturated carbocycles. The summed E-state index contributed by atoms with van der Waals surface area (Å²) in [5.74, 6) is -1.46. The third-order valence-electron chi connectivity index (χ3n) is 1.65. The molecular weight excluding hydrogens is 196 g/mol. The fourth-order valence-corrected chi connectivity index (χ4v) is 1.76. The van der Waals surface area contributed by atoms with Crippen molar-refractivity contribution in [3.05, 3.63) is 0 Å². The first-order valence-corrected chi connectivity index (χ1v) is 5.47. The van der Waals surface area contributed by atoms with Crippen LogP contribution in [0.3, 0.4) is 0 Å². The van der Waals surface area contributed by atoms with E-state index in [1.54, 1.807) is 13.8 Å². The van der Waals surface area contributed by atoms with Crippen LogP contribution in [-0.2, 0) is 23.8 Å². The molecular formula is C7H12O5S. The molecule has 0 aromatic carbocycles. The fraction of sp³-hybridized carbons (Fsp3) is 0.857. The zero-order valence-electron chi connectivity index (χ0n) is 7.57. The molecule has 0 bridgehead atoms. The van der Waals surface area contributed by atoms with E-state index in [4.69, 9.17) is 4.74 Å². The maximum Gasteiger partial charge on any atom is 0.324 e. The van der Waals surface area contributed by atoms with Gasteiger partial charge in [0.1, 0.15) is 5.60 Å². The maximum absolute atomic E-state index is 11.0. The lowest BCUT2D eigenvalue weighted by Gasteiger charge is -2.26. The van der Waals surface area contributed by atoms with E-state index in [9.17, 15) is 13.2 Å². The lowest BCUT2D eigenvalue weighted by Crippen LogP contribution is -2.36. The normalized spacial score (nSPS) is 27.1. The number of cyclic esters (lactones) is 1. The molecule has 6 heteroatoms. The fourth-order valence-electron chi connectivity index (χ4n) is 0.989. The quantitative estimate of drug-likeness (QED) is 0.416. The van der Waals surface area contributed by atoms with Gasteiger partial charge >= 0.3 is 5.97 Å².